The molecule has 1 aromatic carbocycles. The summed E-state index contributed by atoms with van der Waals surface area (Å²) < 4.78 is 16.5. The maximum Gasteiger partial charge on any atom is 0.284 e. The van der Waals surface area contributed by atoms with Gasteiger partial charge in [-0.05, 0) is 12.1 Å². The van der Waals surface area contributed by atoms with Crippen molar-refractivity contribution < 1.29 is 18.4 Å². The van der Waals surface area contributed by atoms with Crippen molar-refractivity contribution >= 4 is 28.6 Å². The Morgan fingerprint density at radius 2 is 2.00 bits per heavy atom. The number of para-hydroxylation sites is 1. The first-order chi connectivity index (χ1) is 11.8. The van der Waals surface area contributed by atoms with E-state index >= 15 is 0 Å². The zero-order chi connectivity index (χ0) is 16.4. The second-order valence-corrected chi connectivity index (χ2v) is 6.23. The Bertz CT molecular complexity index is 821. The molecule has 3 aromatic rings. The lowest BCUT2D eigenvalue weighted by Gasteiger charge is -2.26. The fraction of sp³-hybridized carbons (Fsp3) is 0.312. The molecule has 1 aliphatic heterocycles. The van der Waals surface area contributed by atoms with Crippen molar-refractivity contribution in [2.45, 2.75) is 5.22 Å². The van der Waals surface area contributed by atoms with E-state index < -0.39 is 0 Å². The van der Waals surface area contributed by atoms with Crippen LogP contribution in [0.2, 0.25) is 0 Å². The minimum Gasteiger partial charge on any atom is -0.451 e. The molecule has 0 aliphatic carbocycles. The summed E-state index contributed by atoms with van der Waals surface area (Å²) in [6.45, 7) is 2.45. The Labute approximate surface area is 142 Å². The van der Waals surface area contributed by atoms with Gasteiger partial charge < -0.3 is 18.5 Å². The fourth-order valence-electron chi connectivity index (χ4n) is 2.48. The number of thioether (sulfide) groups is 1. The highest BCUT2D eigenvalue weighted by Crippen LogP contribution is 2.28. The van der Waals surface area contributed by atoms with E-state index in [0.29, 0.717) is 43.2 Å². The molecule has 7 nitrogen and oxygen atoms in total. The number of carbonyl (C=O) groups excluding carboxylic acids is 1. The predicted molar refractivity (Wildman–Crippen MR) is 87.6 cm³/mol. The number of aromatic nitrogens is 2. The number of morpholine rings is 1. The van der Waals surface area contributed by atoms with E-state index in [0.717, 1.165) is 11.0 Å². The Morgan fingerprint density at radius 1 is 1.17 bits per heavy atom. The van der Waals surface area contributed by atoms with Gasteiger partial charge in [-0.15, -0.1) is 10.2 Å². The van der Waals surface area contributed by atoms with Gasteiger partial charge in [0.05, 0.1) is 19.0 Å². The van der Waals surface area contributed by atoms with Crippen molar-refractivity contribution in [2.75, 3.05) is 32.1 Å². The number of fused-ring (bicyclic) bond motifs is 1. The Kier molecular flexibility index (Phi) is 4.22. The third-order valence-corrected chi connectivity index (χ3v) is 4.53. The van der Waals surface area contributed by atoms with Gasteiger partial charge in [-0.2, -0.15) is 0 Å². The van der Waals surface area contributed by atoms with E-state index in [4.69, 9.17) is 13.6 Å². The number of rotatable bonds is 4. The summed E-state index contributed by atoms with van der Waals surface area (Å²) in [5, 5.41) is 9.29. The minimum atomic E-state index is 0.0480. The number of hydrogen-bond acceptors (Lipinski definition) is 7. The molecule has 24 heavy (non-hydrogen) atoms. The average Bonchev–Trinajstić information content (AvgIpc) is 3.27. The Morgan fingerprint density at radius 3 is 2.83 bits per heavy atom. The van der Waals surface area contributed by atoms with Crippen molar-refractivity contribution in [3.63, 3.8) is 0 Å². The molecule has 0 spiro atoms. The van der Waals surface area contributed by atoms with Crippen LogP contribution in [0.25, 0.3) is 22.6 Å². The summed E-state index contributed by atoms with van der Waals surface area (Å²) in [5.74, 6) is 1.15. The molecule has 0 radical (unpaired) electrons. The van der Waals surface area contributed by atoms with Gasteiger partial charge >= 0.3 is 0 Å². The molecule has 3 heterocycles. The van der Waals surface area contributed by atoms with Gasteiger partial charge in [-0.1, -0.05) is 30.0 Å². The normalized spacial score (nSPS) is 15.1. The molecule has 124 valence electrons. The van der Waals surface area contributed by atoms with E-state index in [1.54, 1.807) is 4.90 Å². The molecule has 0 saturated carbocycles. The lowest BCUT2D eigenvalue weighted by atomic mass is 10.2. The average molecular weight is 345 g/mol. The highest BCUT2D eigenvalue weighted by Gasteiger charge is 2.19. The summed E-state index contributed by atoms with van der Waals surface area (Å²) in [4.78, 5) is 13.9. The van der Waals surface area contributed by atoms with Crippen LogP contribution in [0.1, 0.15) is 0 Å². The Hall–Kier alpha value is -2.32. The SMILES string of the molecule is O=C(CSc1nnc(-c2cc3ccccc3o2)o1)N1CCOCC1. The fourth-order valence-corrected chi connectivity index (χ4v) is 3.15. The van der Waals surface area contributed by atoms with Crippen LogP contribution in [-0.2, 0) is 9.53 Å². The van der Waals surface area contributed by atoms with Crippen LogP contribution in [-0.4, -0.2) is 53.1 Å². The summed E-state index contributed by atoms with van der Waals surface area (Å²) in [7, 11) is 0. The maximum absolute atomic E-state index is 12.1. The summed E-state index contributed by atoms with van der Waals surface area (Å²) in [6.07, 6.45) is 0. The third kappa shape index (κ3) is 3.15. The van der Waals surface area contributed by atoms with E-state index in [1.807, 2.05) is 30.3 Å². The molecular weight excluding hydrogens is 330 g/mol. The largest absolute Gasteiger partial charge is 0.451 e. The second-order valence-electron chi connectivity index (χ2n) is 5.30. The molecule has 4 rings (SSSR count). The number of carbonyl (C=O) groups is 1. The van der Waals surface area contributed by atoms with E-state index in [1.165, 1.54) is 11.8 Å². The van der Waals surface area contributed by atoms with Gasteiger partial charge in [-0.3, -0.25) is 4.79 Å². The molecule has 1 fully saturated rings. The first kappa shape index (κ1) is 15.2. The predicted octanol–water partition coefficient (Wildman–Crippen LogP) is 2.43. The molecule has 1 amide bonds. The molecule has 1 saturated heterocycles. The van der Waals surface area contributed by atoms with Gasteiger partial charge in [0, 0.05) is 18.5 Å². The molecule has 8 heteroatoms. The van der Waals surface area contributed by atoms with Crippen LogP contribution in [0.3, 0.4) is 0 Å². The standard InChI is InChI=1S/C16H15N3O4S/c20-14(19-5-7-21-8-6-19)10-24-16-18-17-15(23-16)13-9-11-3-1-2-4-12(11)22-13/h1-4,9H,5-8,10H2. The van der Waals surface area contributed by atoms with Crippen LogP contribution >= 0.6 is 11.8 Å². The molecular formula is C16H15N3O4S. The van der Waals surface area contributed by atoms with Crippen molar-refractivity contribution in [3.05, 3.63) is 30.3 Å². The van der Waals surface area contributed by atoms with Gasteiger partial charge in [0.25, 0.3) is 11.1 Å². The summed E-state index contributed by atoms with van der Waals surface area (Å²) in [5.41, 5.74) is 0.766. The van der Waals surface area contributed by atoms with Crippen LogP contribution in [0, 0.1) is 0 Å². The number of hydrogen-bond donors (Lipinski definition) is 0. The maximum atomic E-state index is 12.1. The topological polar surface area (TPSA) is 81.6 Å². The number of furan rings is 1. The molecule has 1 aliphatic rings. The monoisotopic (exact) mass is 345 g/mol. The summed E-state index contributed by atoms with van der Waals surface area (Å²) >= 11 is 1.23. The first-order valence-corrected chi connectivity index (χ1v) is 8.59. The van der Waals surface area contributed by atoms with E-state index in [-0.39, 0.29) is 11.7 Å². The van der Waals surface area contributed by atoms with E-state index in [2.05, 4.69) is 10.2 Å². The van der Waals surface area contributed by atoms with Gasteiger partial charge in [0.15, 0.2) is 5.76 Å². The molecule has 0 unspecified atom stereocenters. The Balaban J connectivity index is 1.42. The van der Waals surface area contributed by atoms with Crippen LogP contribution in [0.5, 0.6) is 0 Å². The number of amides is 1. The zero-order valence-electron chi connectivity index (χ0n) is 12.8. The van der Waals surface area contributed by atoms with Gasteiger partial charge in [0.2, 0.25) is 5.91 Å². The lowest BCUT2D eigenvalue weighted by Crippen LogP contribution is -2.41. The van der Waals surface area contributed by atoms with Gasteiger partial charge in [-0.25, -0.2) is 0 Å². The van der Waals surface area contributed by atoms with Crippen LogP contribution in [0.4, 0.5) is 0 Å². The van der Waals surface area contributed by atoms with Crippen molar-refractivity contribution in [1.29, 1.82) is 0 Å². The third-order valence-electron chi connectivity index (χ3n) is 3.73. The molecule has 2 aromatic heterocycles. The van der Waals surface area contributed by atoms with Crippen molar-refractivity contribution in [3.8, 4) is 11.7 Å². The lowest BCUT2D eigenvalue weighted by molar-refractivity contribution is -0.132. The zero-order valence-corrected chi connectivity index (χ0v) is 13.6. The number of nitrogens with zero attached hydrogens (tertiary/aromatic N) is 3. The number of ether oxygens (including phenoxy) is 1. The van der Waals surface area contributed by atoms with Crippen LogP contribution < -0.4 is 0 Å². The molecule has 0 atom stereocenters. The minimum absolute atomic E-state index is 0.0480. The highest BCUT2D eigenvalue weighted by atomic mass is 32.2. The highest BCUT2D eigenvalue weighted by molar-refractivity contribution is 7.99. The quantitative estimate of drug-likeness (QED) is 0.672. The van der Waals surface area contributed by atoms with Gasteiger partial charge in [0.1, 0.15) is 5.58 Å². The van der Waals surface area contributed by atoms with E-state index in [9.17, 15) is 4.79 Å². The van der Waals surface area contributed by atoms with Crippen molar-refractivity contribution in [2.24, 2.45) is 0 Å². The number of benzene rings is 1. The first-order valence-electron chi connectivity index (χ1n) is 7.60. The van der Waals surface area contributed by atoms with Crippen LogP contribution in [0.15, 0.2) is 44.4 Å². The smallest absolute Gasteiger partial charge is 0.284 e. The molecule has 0 N–H and O–H groups in total. The molecule has 0 bridgehead atoms. The second kappa shape index (κ2) is 6.66. The summed E-state index contributed by atoms with van der Waals surface area (Å²) in [6, 6.07) is 9.54. The van der Waals surface area contributed by atoms with Crippen molar-refractivity contribution in [1.82, 2.24) is 15.1 Å².